The molecule has 1 aromatic rings. The number of piperidine rings is 2. The summed E-state index contributed by atoms with van der Waals surface area (Å²) in [6.45, 7) is 4.05. The van der Waals surface area contributed by atoms with Gasteiger partial charge in [0.2, 0.25) is 5.91 Å². The molecule has 24 heavy (non-hydrogen) atoms. The van der Waals surface area contributed by atoms with E-state index >= 15 is 0 Å². The van der Waals surface area contributed by atoms with E-state index in [4.69, 9.17) is 4.74 Å². The zero-order chi connectivity index (χ0) is 16.6. The number of aliphatic hydroxyl groups is 1. The van der Waals surface area contributed by atoms with Crippen LogP contribution in [0, 0.1) is 0 Å². The predicted molar refractivity (Wildman–Crippen MR) is 93.1 cm³/mol. The van der Waals surface area contributed by atoms with E-state index in [2.05, 4.69) is 4.90 Å². The predicted octanol–water partition coefficient (Wildman–Crippen LogP) is 1.51. The minimum Gasteiger partial charge on any atom is -0.388 e. The zero-order valence-corrected chi connectivity index (χ0v) is 14.8. The first kappa shape index (κ1) is 16.5. The van der Waals surface area contributed by atoms with Crippen molar-refractivity contribution >= 4 is 17.2 Å². The van der Waals surface area contributed by atoms with Crippen molar-refractivity contribution in [3.63, 3.8) is 0 Å². The van der Waals surface area contributed by atoms with Crippen molar-refractivity contribution in [3.05, 3.63) is 22.4 Å². The lowest BCUT2D eigenvalue weighted by Crippen LogP contribution is -2.69. The quantitative estimate of drug-likeness (QED) is 0.894. The Kier molecular flexibility index (Phi) is 4.64. The first-order valence-electron chi connectivity index (χ1n) is 9.02. The van der Waals surface area contributed by atoms with Crippen LogP contribution in [0.3, 0.4) is 0 Å². The van der Waals surface area contributed by atoms with Crippen LogP contribution < -0.4 is 0 Å². The lowest BCUT2D eigenvalue weighted by atomic mass is 9.70. The fourth-order valence-corrected chi connectivity index (χ4v) is 5.24. The molecule has 6 heteroatoms. The Bertz CT molecular complexity index is 563. The van der Waals surface area contributed by atoms with Crippen LogP contribution in [0.15, 0.2) is 17.5 Å². The highest BCUT2D eigenvalue weighted by molar-refractivity contribution is 7.10. The van der Waals surface area contributed by atoms with Gasteiger partial charge in [0.1, 0.15) is 0 Å². The summed E-state index contributed by atoms with van der Waals surface area (Å²) < 4.78 is 5.44. The Balaban J connectivity index is 1.53. The Morgan fingerprint density at radius 3 is 2.75 bits per heavy atom. The molecule has 1 saturated carbocycles. The lowest BCUT2D eigenvalue weighted by Gasteiger charge is -2.57. The number of morpholine rings is 1. The average molecular weight is 350 g/mol. The molecule has 1 aliphatic carbocycles. The van der Waals surface area contributed by atoms with Crippen LogP contribution in [0.25, 0.3) is 0 Å². The molecule has 4 fully saturated rings. The maximum Gasteiger partial charge on any atom is 0.228 e. The van der Waals surface area contributed by atoms with Crippen LogP contribution >= 0.6 is 11.3 Å². The minimum absolute atomic E-state index is 0.0736. The molecular weight excluding hydrogens is 324 g/mol. The standard InChI is InChI=1S/C18H26N2O3S/c21-17(12-15-2-1-11-24-15)20-14-3-5-18(22,6-4-14)16(20)13-19-7-9-23-10-8-19/h1-2,11,14,16,22H,3-10,12-13H2. The van der Waals surface area contributed by atoms with Crippen molar-refractivity contribution in [2.24, 2.45) is 0 Å². The second kappa shape index (κ2) is 6.75. The Hall–Kier alpha value is -0.950. The summed E-state index contributed by atoms with van der Waals surface area (Å²) in [5.41, 5.74) is -0.710. The number of hydrogen-bond acceptors (Lipinski definition) is 5. The van der Waals surface area contributed by atoms with Crippen LogP contribution in [0.5, 0.6) is 0 Å². The van der Waals surface area contributed by atoms with Crippen molar-refractivity contribution in [1.29, 1.82) is 0 Å². The van der Waals surface area contributed by atoms with Crippen molar-refractivity contribution in [2.45, 2.75) is 49.8 Å². The fourth-order valence-electron chi connectivity index (χ4n) is 4.54. The van der Waals surface area contributed by atoms with Gasteiger partial charge in [-0.2, -0.15) is 0 Å². The van der Waals surface area contributed by atoms with Gasteiger partial charge in [-0.25, -0.2) is 0 Å². The molecule has 5 nitrogen and oxygen atoms in total. The first-order valence-corrected chi connectivity index (χ1v) is 9.90. The molecule has 1 unspecified atom stereocenters. The third-order valence-corrected chi connectivity index (χ3v) is 6.78. The van der Waals surface area contributed by atoms with Crippen LogP contribution in [-0.4, -0.2) is 71.3 Å². The van der Waals surface area contributed by atoms with E-state index in [1.54, 1.807) is 11.3 Å². The van der Waals surface area contributed by atoms with Gasteiger partial charge >= 0.3 is 0 Å². The number of carbonyl (C=O) groups is 1. The maximum absolute atomic E-state index is 13.0. The van der Waals surface area contributed by atoms with Gasteiger partial charge in [-0.3, -0.25) is 9.69 Å². The van der Waals surface area contributed by atoms with Gasteiger partial charge in [-0.15, -0.1) is 11.3 Å². The molecule has 0 radical (unpaired) electrons. The normalized spacial score (nSPS) is 33.8. The van der Waals surface area contributed by atoms with Gasteiger partial charge in [0, 0.05) is 30.6 Å². The molecule has 4 aliphatic rings. The number of fused-ring (bicyclic) bond motifs is 3. The summed E-state index contributed by atoms with van der Waals surface area (Å²) in [5, 5.41) is 13.2. The monoisotopic (exact) mass is 350 g/mol. The molecule has 0 aromatic carbocycles. The molecule has 3 saturated heterocycles. The van der Waals surface area contributed by atoms with Crippen LogP contribution in [0.1, 0.15) is 30.6 Å². The first-order chi connectivity index (χ1) is 11.7. The van der Waals surface area contributed by atoms with Crippen molar-refractivity contribution in [2.75, 3.05) is 32.8 Å². The molecular formula is C18H26N2O3S. The molecule has 0 spiro atoms. The van der Waals surface area contributed by atoms with E-state index in [9.17, 15) is 9.90 Å². The van der Waals surface area contributed by atoms with Gasteiger partial charge in [0.15, 0.2) is 0 Å². The maximum atomic E-state index is 13.0. The zero-order valence-electron chi connectivity index (χ0n) is 14.0. The summed E-state index contributed by atoms with van der Waals surface area (Å²) in [6, 6.07) is 4.25. The van der Waals surface area contributed by atoms with Crippen LogP contribution in [0.2, 0.25) is 0 Å². The number of hydrogen-bond donors (Lipinski definition) is 1. The third kappa shape index (κ3) is 3.12. The Morgan fingerprint density at radius 1 is 1.33 bits per heavy atom. The third-order valence-electron chi connectivity index (χ3n) is 5.90. The molecule has 1 N–H and O–H groups in total. The summed E-state index contributed by atoms with van der Waals surface area (Å²) in [7, 11) is 0. The van der Waals surface area contributed by atoms with Gasteiger partial charge in [-0.1, -0.05) is 6.07 Å². The largest absolute Gasteiger partial charge is 0.388 e. The second-order valence-corrected chi connectivity index (χ2v) is 8.35. The molecule has 5 rings (SSSR count). The highest BCUT2D eigenvalue weighted by Gasteiger charge is 2.53. The van der Waals surface area contributed by atoms with E-state index in [0.717, 1.165) is 63.4 Å². The highest BCUT2D eigenvalue weighted by Crippen LogP contribution is 2.43. The summed E-state index contributed by atoms with van der Waals surface area (Å²) in [4.78, 5) is 18.5. The Labute approximate surface area is 147 Å². The van der Waals surface area contributed by atoms with Crippen molar-refractivity contribution in [1.82, 2.24) is 9.80 Å². The Morgan fingerprint density at radius 2 is 2.08 bits per heavy atom. The van der Waals surface area contributed by atoms with Crippen molar-refractivity contribution < 1.29 is 14.6 Å². The SMILES string of the molecule is O=C(Cc1cccs1)N1C2CCC(O)(CC2)C1CN1CCOCC1. The summed E-state index contributed by atoms with van der Waals surface area (Å²) in [5.74, 6) is 0.179. The van der Waals surface area contributed by atoms with Gasteiger partial charge in [0.05, 0.1) is 31.3 Å². The fraction of sp³-hybridized carbons (Fsp3) is 0.722. The summed E-state index contributed by atoms with van der Waals surface area (Å²) in [6.07, 6.45) is 3.99. The van der Waals surface area contributed by atoms with Crippen LogP contribution in [-0.2, 0) is 16.0 Å². The number of rotatable bonds is 4. The molecule has 1 atom stereocenters. The number of carbonyl (C=O) groups excluding carboxylic acids is 1. The number of ether oxygens (including phenoxy) is 1. The van der Waals surface area contributed by atoms with E-state index in [1.165, 1.54) is 0 Å². The van der Waals surface area contributed by atoms with E-state index in [1.807, 2.05) is 22.4 Å². The minimum atomic E-state index is -0.710. The summed E-state index contributed by atoms with van der Waals surface area (Å²) >= 11 is 1.63. The molecule has 1 aromatic heterocycles. The number of thiophene rings is 1. The molecule has 4 heterocycles. The van der Waals surface area contributed by atoms with E-state index < -0.39 is 5.60 Å². The number of nitrogens with zero attached hydrogens (tertiary/aromatic N) is 2. The van der Waals surface area contributed by atoms with E-state index in [0.29, 0.717) is 12.5 Å². The molecule has 2 bridgehead atoms. The van der Waals surface area contributed by atoms with Crippen LogP contribution in [0.4, 0.5) is 0 Å². The number of amides is 1. The smallest absolute Gasteiger partial charge is 0.228 e. The molecule has 1 amide bonds. The topological polar surface area (TPSA) is 53.0 Å². The molecule has 3 aliphatic heterocycles. The van der Waals surface area contributed by atoms with Crippen molar-refractivity contribution in [3.8, 4) is 0 Å². The second-order valence-electron chi connectivity index (χ2n) is 7.32. The van der Waals surface area contributed by atoms with Gasteiger partial charge < -0.3 is 14.7 Å². The van der Waals surface area contributed by atoms with Gasteiger partial charge in [-0.05, 0) is 37.1 Å². The van der Waals surface area contributed by atoms with Gasteiger partial charge in [0.25, 0.3) is 0 Å². The molecule has 132 valence electrons. The highest BCUT2D eigenvalue weighted by atomic mass is 32.1. The average Bonchev–Trinajstić information content (AvgIpc) is 3.10. The van der Waals surface area contributed by atoms with E-state index in [-0.39, 0.29) is 11.9 Å². The lowest BCUT2D eigenvalue weighted by molar-refractivity contribution is -0.174.